The van der Waals surface area contributed by atoms with Crippen LogP contribution in [-0.4, -0.2) is 202 Å². The zero-order chi connectivity index (χ0) is 38.0. The third kappa shape index (κ3) is 12.8. The molecule has 0 spiro atoms. The molecule has 15 atom stereocenters. The van der Waals surface area contributed by atoms with Crippen LogP contribution < -0.4 is 16.6 Å². The van der Waals surface area contributed by atoms with Gasteiger partial charge in [0.2, 0.25) is 5.91 Å². The quantitative estimate of drug-likeness (QED) is 0.0611. The molecule has 3 fully saturated rings. The minimum absolute atomic E-state index is 0.188. The first-order chi connectivity index (χ1) is 23.9. The van der Waals surface area contributed by atoms with Crippen molar-refractivity contribution in [3.8, 4) is 0 Å². The fourth-order valence-electron chi connectivity index (χ4n) is 5.70. The van der Waals surface area contributed by atoms with Gasteiger partial charge in [-0.15, -0.1) is 0 Å². The maximum Gasteiger partial charge on any atom is 0.217 e. The molecule has 3 rings (SSSR count). The van der Waals surface area contributed by atoms with Crippen LogP contribution in [0.3, 0.4) is 0 Å². The average Bonchev–Trinajstić information content (AvgIpc) is 3.09. The van der Waals surface area contributed by atoms with Crippen LogP contribution in [-0.2, 0) is 61.6 Å². The van der Waals surface area contributed by atoms with Crippen LogP contribution in [0.15, 0.2) is 5.11 Å². The predicted molar refractivity (Wildman–Crippen MR) is 168 cm³/mol. The highest BCUT2D eigenvalue weighted by Gasteiger charge is 2.48. The molecule has 296 valence electrons. The van der Waals surface area contributed by atoms with Gasteiger partial charge in [-0.2, -0.15) is 5.53 Å². The minimum atomic E-state index is -1.04. The summed E-state index contributed by atoms with van der Waals surface area (Å²) in [5, 5.41) is 45.0. The Labute approximate surface area is 292 Å². The fraction of sp³-hybridized carbons (Fsp3) is 0.966. The number of carbonyl (C=O) groups is 1. The number of methoxy groups -OCH3 is 8. The van der Waals surface area contributed by atoms with Crippen LogP contribution >= 0.6 is 0 Å². The van der Waals surface area contributed by atoms with E-state index in [1.165, 1.54) is 49.6 Å². The lowest BCUT2D eigenvalue weighted by molar-refractivity contribution is -0.302. The zero-order valence-electron chi connectivity index (χ0n) is 30.2. The Bertz CT molecular complexity index is 929. The number of carbonyl (C=O) groups excluding carboxylic acids is 1. The van der Waals surface area contributed by atoms with Crippen molar-refractivity contribution in [2.24, 2.45) is 10.8 Å². The van der Waals surface area contributed by atoms with Crippen molar-refractivity contribution in [3.05, 3.63) is 0 Å². The van der Waals surface area contributed by atoms with Gasteiger partial charge in [0, 0.05) is 63.8 Å². The number of aliphatic hydroxyl groups is 4. The predicted octanol–water partition coefficient (Wildman–Crippen LogP) is -5.13. The van der Waals surface area contributed by atoms with Crippen LogP contribution in [0.1, 0.15) is 6.92 Å². The van der Waals surface area contributed by atoms with Crippen LogP contribution in [0.4, 0.5) is 0 Å². The van der Waals surface area contributed by atoms with Crippen molar-refractivity contribution in [2.75, 3.05) is 83.5 Å². The Hall–Kier alpha value is -1.61. The van der Waals surface area contributed by atoms with Gasteiger partial charge in [-0.3, -0.25) is 4.79 Å². The summed E-state index contributed by atoms with van der Waals surface area (Å²) in [5.74, 6) is -0.348. The van der Waals surface area contributed by atoms with E-state index in [9.17, 15) is 20.1 Å². The summed E-state index contributed by atoms with van der Waals surface area (Å²) in [6.45, 7) is 1.53. The molecular weight excluding hydrogens is 676 g/mol. The molecule has 0 aromatic rings. The average molecular weight is 736 g/mol. The Morgan fingerprint density at radius 3 is 1.50 bits per heavy atom. The summed E-state index contributed by atoms with van der Waals surface area (Å²) in [4.78, 5) is 11.1. The first-order valence-electron chi connectivity index (χ1n) is 15.7. The van der Waals surface area contributed by atoms with E-state index in [0.717, 1.165) is 0 Å². The van der Waals surface area contributed by atoms with Crippen molar-refractivity contribution < 1.29 is 87.6 Å². The molecule has 3 aliphatic heterocycles. The van der Waals surface area contributed by atoms with Gasteiger partial charge in [-0.25, -0.2) is 0 Å². The van der Waals surface area contributed by atoms with Crippen molar-refractivity contribution >= 4 is 5.91 Å². The second kappa shape index (κ2) is 24.6. The number of aliphatic hydroxyl groups excluding tert-OH is 4. The van der Waals surface area contributed by atoms with Gasteiger partial charge in [0.15, 0.2) is 24.9 Å². The first kappa shape index (κ1) is 46.4. The highest BCUT2D eigenvalue weighted by Crippen LogP contribution is 2.26. The molecule has 21 heteroatoms. The molecule has 0 aromatic heterocycles. The summed E-state index contributed by atoms with van der Waals surface area (Å²) in [6.07, 6.45) is -8.10. The SMILES string of the molecule is COCC1OC(OC)C(N)C(O)C1OC.COCC1OC(OC)C(N=[NH2+])C(O)C1OC.COCC1OC(OCO)C(NC(C)=O)C(O)C1OC. The Kier molecular flexibility index (Phi) is 22.8. The second-order valence-corrected chi connectivity index (χ2v) is 11.3. The van der Waals surface area contributed by atoms with Crippen molar-refractivity contribution in [1.82, 2.24) is 5.32 Å². The standard InChI is InChI=1S/C11H21NO7.C9H18N2O5.C9H19NO5/c1-6(14)12-8-9(15)10(17-3)7(4-16-2)19-11(8)18-5-13;1-13-4-5-8(14-2)7(12)6(11-10)9(15-3)16-5;1-12-4-5-8(13-2)7(11)6(10)9(14-3)15-5/h7-11,13,15H,4-5H2,1-3H3,(H,12,14);5-10,12H,4H2,1-3H3;5-9,11H,4,10H2,1-3H3/p+1. The molecule has 1 amide bonds. The summed E-state index contributed by atoms with van der Waals surface area (Å²) >= 11 is 0. The van der Waals surface area contributed by atoms with Gasteiger partial charge < -0.3 is 88.3 Å². The van der Waals surface area contributed by atoms with E-state index in [-0.39, 0.29) is 18.6 Å². The van der Waals surface area contributed by atoms with Crippen LogP contribution in [0, 0.1) is 0 Å². The molecule has 15 unspecified atom stereocenters. The molecule has 21 nitrogen and oxygen atoms in total. The topological polar surface area (TPSA) is 285 Å². The highest BCUT2D eigenvalue weighted by molar-refractivity contribution is 5.73. The van der Waals surface area contributed by atoms with E-state index in [1.54, 1.807) is 14.2 Å². The third-order valence-corrected chi connectivity index (χ3v) is 8.09. The summed E-state index contributed by atoms with van der Waals surface area (Å²) in [5.41, 5.74) is 11.0. The summed E-state index contributed by atoms with van der Waals surface area (Å²) < 4.78 is 62.1. The summed E-state index contributed by atoms with van der Waals surface area (Å²) in [7, 11) is 12.0. The fourth-order valence-corrected chi connectivity index (χ4v) is 5.70. The van der Waals surface area contributed by atoms with E-state index in [1.807, 2.05) is 0 Å². The molecule has 3 heterocycles. The van der Waals surface area contributed by atoms with E-state index in [4.69, 9.17) is 73.2 Å². The Balaban J connectivity index is 0.000000378. The van der Waals surface area contributed by atoms with E-state index in [0.29, 0.717) is 13.2 Å². The maximum absolute atomic E-state index is 11.1. The van der Waals surface area contributed by atoms with Gasteiger partial charge in [-0.1, -0.05) is 0 Å². The largest absolute Gasteiger partial charge is 0.388 e. The number of nitrogens with one attached hydrogen (secondary N) is 1. The number of hydrogen-bond acceptors (Lipinski definition) is 19. The van der Waals surface area contributed by atoms with Gasteiger partial charge in [0.05, 0.1) is 25.9 Å². The number of nitrogens with zero attached hydrogens (tertiary/aromatic N) is 1. The third-order valence-electron chi connectivity index (χ3n) is 8.09. The van der Waals surface area contributed by atoms with Gasteiger partial charge in [-0.05, 0) is 5.11 Å². The monoisotopic (exact) mass is 735 g/mol. The smallest absolute Gasteiger partial charge is 0.217 e. The molecule has 50 heavy (non-hydrogen) atoms. The number of rotatable bonds is 15. The minimum Gasteiger partial charge on any atom is -0.388 e. The second-order valence-electron chi connectivity index (χ2n) is 11.3. The molecule has 0 bridgehead atoms. The van der Waals surface area contributed by atoms with Crippen LogP contribution in [0.5, 0.6) is 0 Å². The Morgan fingerprint density at radius 1 is 0.700 bits per heavy atom. The highest BCUT2D eigenvalue weighted by atomic mass is 16.7. The molecule has 0 saturated carbocycles. The van der Waals surface area contributed by atoms with E-state index in [2.05, 4.69) is 10.4 Å². The molecule has 0 aliphatic carbocycles. The zero-order valence-corrected chi connectivity index (χ0v) is 30.2. The lowest BCUT2D eigenvalue weighted by Crippen LogP contribution is -2.65. The lowest BCUT2D eigenvalue weighted by atomic mass is 9.96. The van der Waals surface area contributed by atoms with E-state index >= 15 is 0 Å². The molecular formula is C29H59N4O17+. The number of hydrogen-bond donors (Lipinski definition) is 7. The van der Waals surface area contributed by atoms with Crippen molar-refractivity contribution in [2.45, 2.75) is 98.9 Å². The van der Waals surface area contributed by atoms with Crippen LogP contribution in [0.2, 0.25) is 0 Å². The molecule has 0 aromatic carbocycles. The molecule has 3 saturated heterocycles. The maximum atomic E-state index is 11.1. The van der Waals surface area contributed by atoms with Crippen LogP contribution in [0.25, 0.3) is 0 Å². The summed E-state index contributed by atoms with van der Waals surface area (Å²) in [6, 6.07) is -2.11. The van der Waals surface area contributed by atoms with E-state index < -0.39 is 92.6 Å². The van der Waals surface area contributed by atoms with Crippen molar-refractivity contribution in [1.29, 1.82) is 0 Å². The number of nitrogens with two attached hydrogens (primary N) is 2. The lowest BCUT2D eigenvalue weighted by Gasteiger charge is -2.43. The van der Waals surface area contributed by atoms with Gasteiger partial charge >= 0.3 is 0 Å². The van der Waals surface area contributed by atoms with Gasteiger partial charge in [0.1, 0.15) is 67.8 Å². The van der Waals surface area contributed by atoms with Crippen molar-refractivity contribution in [3.63, 3.8) is 0 Å². The molecule has 9 N–H and O–H groups in total. The number of ether oxygens (including phenoxy) is 12. The van der Waals surface area contributed by atoms with Gasteiger partial charge in [0.25, 0.3) is 0 Å². The first-order valence-corrected chi connectivity index (χ1v) is 15.7. The molecule has 0 radical (unpaired) electrons. The normalized spacial score (nSPS) is 38.6. The molecule has 3 aliphatic rings. The Morgan fingerprint density at radius 2 is 1.12 bits per heavy atom. The number of amides is 1.